The molecule has 1 saturated carbocycles. The number of nitrogens with one attached hydrogen (secondary N) is 2. The lowest BCUT2D eigenvalue weighted by Gasteiger charge is -2.37. The SMILES string of the molecule is Cc1ccncc1NC(=O)NC1(C#Cc2ccccn2)CCC1. The number of pyridine rings is 2. The number of anilines is 1. The lowest BCUT2D eigenvalue weighted by atomic mass is 9.77. The molecule has 116 valence electrons. The standard InChI is InChI=1S/C18H18N4O/c1-14-7-12-19-13-16(14)21-17(23)22-18(8-4-9-18)10-6-15-5-2-3-11-20-15/h2-3,5,7,11-13H,4,8-9H2,1H3,(H2,21,22,23). The van der Waals surface area contributed by atoms with E-state index in [0.29, 0.717) is 11.4 Å². The summed E-state index contributed by atoms with van der Waals surface area (Å²) in [6.45, 7) is 1.93. The number of hydrogen-bond acceptors (Lipinski definition) is 3. The molecule has 1 aliphatic carbocycles. The van der Waals surface area contributed by atoms with Gasteiger partial charge in [0.1, 0.15) is 11.2 Å². The second-order valence-electron chi connectivity index (χ2n) is 5.67. The average molecular weight is 306 g/mol. The predicted octanol–water partition coefficient (Wildman–Crippen LogP) is 2.88. The summed E-state index contributed by atoms with van der Waals surface area (Å²) in [4.78, 5) is 20.5. The molecule has 0 aromatic carbocycles. The number of carbonyl (C=O) groups is 1. The van der Waals surface area contributed by atoms with Crippen LogP contribution in [0, 0.1) is 18.8 Å². The van der Waals surface area contributed by atoms with E-state index in [4.69, 9.17) is 0 Å². The molecule has 2 N–H and O–H groups in total. The maximum Gasteiger partial charge on any atom is 0.320 e. The first-order chi connectivity index (χ1) is 11.2. The maximum atomic E-state index is 12.3. The molecule has 1 aliphatic rings. The fourth-order valence-electron chi connectivity index (χ4n) is 2.40. The van der Waals surface area contributed by atoms with Crippen LogP contribution in [-0.4, -0.2) is 21.5 Å². The van der Waals surface area contributed by atoms with Crippen molar-refractivity contribution < 1.29 is 4.79 Å². The van der Waals surface area contributed by atoms with Crippen molar-refractivity contribution in [2.75, 3.05) is 5.32 Å². The average Bonchev–Trinajstić information content (AvgIpc) is 2.53. The Kier molecular flexibility index (Phi) is 4.24. The number of aromatic nitrogens is 2. The number of carbonyl (C=O) groups excluding carboxylic acids is 1. The molecular formula is C18H18N4O. The molecule has 0 unspecified atom stereocenters. The largest absolute Gasteiger partial charge is 0.322 e. The molecule has 3 rings (SSSR count). The van der Waals surface area contributed by atoms with E-state index < -0.39 is 5.54 Å². The highest BCUT2D eigenvalue weighted by molar-refractivity contribution is 5.90. The molecule has 2 aromatic heterocycles. The number of nitrogens with zero attached hydrogens (tertiary/aromatic N) is 2. The van der Waals surface area contributed by atoms with Gasteiger partial charge in [-0.2, -0.15) is 0 Å². The summed E-state index contributed by atoms with van der Waals surface area (Å²) in [5.41, 5.74) is 1.93. The molecule has 0 atom stereocenters. The van der Waals surface area contributed by atoms with Crippen LogP contribution in [0.3, 0.4) is 0 Å². The third-order valence-electron chi connectivity index (χ3n) is 3.94. The van der Waals surface area contributed by atoms with Gasteiger partial charge >= 0.3 is 6.03 Å². The highest BCUT2D eigenvalue weighted by Gasteiger charge is 2.37. The third-order valence-corrected chi connectivity index (χ3v) is 3.94. The molecule has 23 heavy (non-hydrogen) atoms. The molecule has 2 amide bonds. The lowest BCUT2D eigenvalue weighted by Crippen LogP contribution is -2.53. The van der Waals surface area contributed by atoms with Gasteiger partial charge in [-0.25, -0.2) is 9.78 Å². The summed E-state index contributed by atoms with van der Waals surface area (Å²) in [5, 5.41) is 5.83. The first-order valence-corrected chi connectivity index (χ1v) is 7.61. The van der Waals surface area contributed by atoms with E-state index >= 15 is 0 Å². The summed E-state index contributed by atoms with van der Waals surface area (Å²) in [6.07, 6.45) is 7.82. The number of hydrogen-bond donors (Lipinski definition) is 2. The first-order valence-electron chi connectivity index (χ1n) is 7.61. The van der Waals surface area contributed by atoms with E-state index in [-0.39, 0.29) is 6.03 Å². The number of urea groups is 1. The van der Waals surface area contributed by atoms with Crippen LogP contribution in [-0.2, 0) is 0 Å². The van der Waals surface area contributed by atoms with Gasteiger partial charge in [0, 0.05) is 12.4 Å². The van der Waals surface area contributed by atoms with Crippen molar-refractivity contribution in [2.24, 2.45) is 0 Å². The van der Waals surface area contributed by atoms with Gasteiger partial charge in [-0.15, -0.1) is 0 Å². The summed E-state index contributed by atoms with van der Waals surface area (Å²) in [7, 11) is 0. The molecule has 5 nitrogen and oxygen atoms in total. The van der Waals surface area contributed by atoms with Crippen molar-refractivity contribution >= 4 is 11.7 Å². The number of rotatable bonds is 2. The number of aryl methyl sites for hydroxylation is 1. The predicted molar refractivity (Wildman–Crippen MR) is 88.8 cm³/mol. The van der Waals surface area contributed by atoms with Crippen LogP contribution in [0.1, 0.15) is 30.5 Å². The zero-order chi connectivity index (χ0) is 16.1. The van der Waals surface area contributed by atoms with Crippen molar-refractivity contribution in [1.29, 1.82) is 0 Å². The van der Waals surface area contributed by atoms with Crippen LogP contribution in [0.15, 0.2) is 42.9 Å². The molecule has 1 fully saturated rings. The van der Waals surface area contributed by atoms with Crippen molar-refractivity contribution in [1.82, 2.24) is 15.3 Å². The van der Waals surface area contributed by atoms with Crippen LogP contribution in [0.2, 0.25) is 0 Å². The zero-order valence-electron chi connectivity index (χ0n) is 13.0. The highest BCUT2D eigenvalue weighted by Crippen LogP contribution is 2.31. The quantitative estimate of drug-likeness (QED) is 0.838. The van der Waals surface area contributed by atoms with Crippen molar-refractivity contribution in [3.63, 3.8) is 0 Å². The van der Waals surface area contributed by atoms with E-state index in [2.05, 4.69) is 32.4 Å². The molecular weight excluding hydrogens is 288 g/mol. The van der Waals surface area contributed by atoms with Gasteiger partial charge in [-0.05, 0) is 55.9 Å². The minimum atomic E-state index is -0.461. The molecule has 0 bridgehead atoms. The normalized spacial score (nSPS) is 14.8. The van der Waals surface area contributed by atoms with Crippen LogP contribution in [0.25, 0.3) is 0 Å². The fraction of sp³-hybridized carbons (Fsp3) is 0.278. The van der Waals surface area contributed by atoms with Gasteiger partial charge in [-0.1, -0.05) is 12.0 Å². The number of amides is 2. The minimum Gasteiger partial charge on any atom is -0.322 e. The highest BCUT2D eigenvalue weighted by atomic mass is 16.2. The Balaban J connectivity index is 1.69. The van der Waals surface area contributed by atoms with E-state index in [0.717, 1.165) is 24.8 Å². The molecule has 2 aromatic rings. The topological polar surface area (TPSA) is 66.9 Å². The second kappa shape index (κ2) is 6.49. The van der Waals surface area contributed by atoms with Crippen molar-refractivity contribution in [3.8, 4) is 11.8 Å². The van der Waals surface area contributed by atoms with Gasteiger partial charge in [0.05, 0.1) is 11.9 Å². The zero-order valence-corrected chi connectivity index (χ0v) is 13.0. The van der Waals surface area contributed by atoms with E-state index in [1.54, 1.807) is 18.6 Å². The molecule has 0 spiro atoms. The van der Waals surface area contributed by atoms with Gasteiger partial charge in [0.2, 0.25) is 0 Å². The van der Waals surface area contributed by atoms with E-state index in [9.17, 15) is 4.79 Å². The summed E-state index contributed by atoms with van der Waals surface area (Å²) in [6, 6.07) is 7.21. The van der Waals surface area contributed by atoms with Crippen molar-refractivity contribution in [3.05, 3.63) is 54.1 Å². The van der Waals surface area contributed by atoms with Crippen LogP contribution in [0.4, 0.5) is 10.5 Å². The van der Waals surface area contributed by atoms with Crippen LogP contribution < -0.4 is 10.6 Å². The fourth-order valence-corrected chi connectivity index (χ4v) is 2.40. The Morgan fingerprint density at radius 2 is 2.13 bits per heavy atom. The molecule has 5 heteroatoms. The van der Waals surface area contributed by atoms with Gasteiger partial charge in [0.15, 0.2) is 0 Å². The molecule has 2 heterocycles. The maximum absolute atomic E-state index is 12.3. The molecule has 0 radical (unpaired) electrons. The summed E-state index contributed by atoms with van der Waals surface area (Å²) in [5.74, 6) is 6.23. The Hall–Kier alpha value is -2.87. The van der Waals surface area contributed by atoms with Gasteiger partial charge < -0.3 is 10.6 Å². The third kappa shape index (κ3) is 3.67. The Labute approximate surface area is 135 Å². The first kappa shape index (κ1) is 15.0. The summed E-state index contributed by atoms with van der Waals surface area (Å²) >= 11 is 0. The van der Waals surface area contributed by atoms with Gasteiger partial charge in [-0.3, -0.25) is 4.98 Å². The monoisotopic (exact) mass is 306 g/mol. The second-order valence-corrected chi connectivity index (χ2v) is 5.67. The molecule has 0 aliphatic heterocycles. The van der Waals surface area contributed by atoms with Gasteiger partial charge in [0.25, 0.3) is 0 Å². The Bertz CT molecular complexity index is 757. The van der Waals surface area contributed by atoms with Crippen LogP contribution in [0.5, 0.6) is 0 Å². The Morgan fingerprint density at radius 3 is 2.78 bits per heavy atom. The van der Waals surface area contributed by atoms with Crippen LogP contribution >= 0.6 is 0 Å². The smallest absolute Gasteiger partial charge is 0.320 e. The van der Waals surface area contributed by atoms with Crippen molar-refractivity contribution in [2.45, 2.75) is 31.7 Å². The lowest BCUT2D eigenvalue weighted by molar-refractivity contribution is 0.222. The Morgan fingerprint density at radius 1 is 1.26 bits per heavy atom. The van der Waals surface area contributed by atoms with E-state index in [1.807, 2.05) is 31.2 Å². The van der Waals surface area contributed by atoms with E-state index in [1.165, 1.54) is 0 Å². The summed E-state index contributed by atoms with van der Waals surface area (Å²) < 4.78 is 0. The molecule has 0 saturated heterocycles. The minimum absolute atomic E-state index is 0.254.